The molecule has 0 saturated heterocycles. The predicted octanol–water partition coefficient (Wildman–Crippen LogP) is 2.21. The fourth-order valence-electron chi connectivity index (χ4n) is 2.08. The Bertz CT molecular complexity index is 382. The van der Waals surface area contributed by atoms with Gasteiger partial charge in [-0.25, -0.2) is 0 Å². The van der Waals surface area contributed by atoms with Gasteiger partial charge >= 0.3 is 0 Å². The minimum Gasteiger partial charge on any atom is -0.396 e. The van der Waals surface area contributed by atoms with Crippen molar-refractivity contribution in [3.8, 4) is 0 Å². The van der Waals surface area contributed by atoms with Gasteiger partial charge in [-0.3, -0.25) is 0 Å². The lowest BCUT2D eigenvalue weighted by molar-refractivity contribution is 0.184. The Labute approximate surface area is 121 Å². The van der Waals surface area contributed by atoms with Gasteiger partial charge in [0.25, 0.3) is 0 Å². The number of halogens is 1. The van der Waals surface area contributed by atoms with E-state index in [9.17, 15) is 5.11 Å². The molecule has 0 spiro atoms. The van der Waals surface area contributed by atoms with Crippen molar-refractivity contribution >= 4 is 11.6 Å². The lowest BCUT2D eigenvalue weighted by Crippen LogP contribution is -2.55. The topological polar surface area (TPSA) is 58.3 Å². The molecule has 1 aromatic rings. The van der Waals surface area contributed by atoms with Crippen LogP contribution >= 0.6 is 11.6 Å². The molecule has 0 fully saturated rings. The van der Waals surface area contributed by atoms with E-state index in [-0.39, 0.29) is 24.1 Å². The highest BCUT2D eigenvalue weighted by atomic mass is 35.5. The third-order valence-corrected chi connectivity index (χ3v) is 3.93. The molecule has 1 aromatic carbocycles. The molecule has 0 bridgehead atoms. The maximum atomic E-state index is 9.21. The molecule has 4 N–H and O–H groups in total. The average Bonchev–Trinajstić information content (AvgIpc) is 2.40. The van der Waals surface area contributed by atoms with Gasteiger partial charge in [-0.15, -0.1) is 0 Å². The summed E-state index contributed by atoms with van der Waals surface area (Å²) < 4.78 is 0. The van der Waals surface area contributed by atoms with Crippen LogP contribution in [-0.4, -0.2) is 29.8 Å². The van der Waals surface area contributed by atoms with Crippen molar-refractivity contribution in [2.45, 2.75) is 38.8 Å². The Balaban J connectivity index is 2.71. The molecule has 3 unspecified atom stereocenters. The zero-order valence-corrected chi connectivity index (χ0v) is 12.7. The molecule has 3 atom stereocenters. The molecule has 3 nitrogen and oxygen atoms in total. The zero-order chi connectivity index (χ0) is 14.5. The molecule has 108 valence electrons. The molecule has 0 amide bonds. The number of hydrogen-bond acceptors (Lipinski definition) is 3. The Morgan fingerprint density at radius 1 is 1.32 bits per heavy atom. The largest absolute Gasteiger partial charge is 0.396 e. The first-order valence-corrected chi connectivity index (χ1v) is 7.11. The monoisotopic (exact) mass is 284 g/mol. The second-order valence-electron chi connectivity index (χ2n) is 5.66. The minimum absolute atomic E-state index is 0.176. The summed E-state index contributed by atoms with van der Waals surface area (Å²) in [5.41, 5.74) is 6.94. The Morgan fingerprint density at radius 2 is 1.89 bits per heavy atom. The molecule has 19 heavy (non-hydrogen) atoms. The summed E-state index contributed by atoms with van der Waals surface area (Å²) in [6.07, 6.45) is 0.836. The number of nitrogens with two attached hydrogens (primary N) is 1. The smallest absolute Gasteiger partial charge is 0.0471 e. The van der Waals surface area contributed by atoms with Crippen LogP contribution in [0.4, 0.5) is 0 Å². The van der Waals surface area contributed by atoms with Crippen molar-refractivity contribution in [3.63, 3.8) is 0 Å². The van der Waals surface area contributed by atoms with Gasteiger partial charge in [-0.2, -0.15) is 0 Å². The van der Waals surface area contributed by atoms with Crippen molar-refractivity contribution in [1.29, 1.82) is 0 Å². The summed E-state index contributed by atoms with van der Waals surface area (Å²) in [5.74, 6) is 0.205. The van der Waals surface area contributed by atoms with E-state index in [1.807, 2.05) is 31.2 Å². The summed E-state index contributed by atoms with van der Waals surface area (Å²) in [5, 5.41) is 13.5. The SMILES string of the molecule is CC(CO)C(C)NC(C)(CN)Cc1ccc(Cl)cc1. The molecule has 1 rings (SSSR count). The third-order valence-electron chi connectivity index (χ3n) is 3.68. The van der Waals surface area contributed by atoms with Gasteiger partial charge in [0, 0.05) is 29.8 Å². The highest BCUT2D eigenvalue weighted by Gasteiger charge is 2.26. The number of aliphatic hydroxyl groups is 1. The predicted molar refractivity (Wildman–Crippen MR) is 81.5 cm³/mol. The van der Waals surface area contributed by atoms with E-state index in [1.165, 1.54) is 5.56 Å². The van der Waals surface area contributed by atoms with Crippen LogP contribution in [0.5, 0.6) is 0 Å². The maximum absolute atomic E-state index is 9.21. The maximum Gasteiger partial charge on any atom is 0.0471 e. The third kappa shape index (κ3) is 5.11. The molecule has 0 heterocycles. The molecule has 0 aliphatic carbocycles. The van der Waals surface area contributed by atoms with E-state index in [1.54, 1.807) is 0 Å². The number of hydrogen-bond donors (Lipinski definition) is 3. The van der Waals surface area contributed by atoms with Gasteiger partial charge in [-0.1, -0.05) is 30.7 Å². The van der Waals surface area contributed by atoms with Crippen LogP contribution in [0, 0.1) is 5.92 Å². The summed E-state index contributed by atoms with van der Waals surface area (Å²) >= 11 is 5.89. The molecule has 0 radical (unpaired) electrons. The molecule has 0 saturated carbocycles. The van der Waals surface area contributed by atoms with Crippen LogP contribution in [-0.2, 0) is 6.42 Å². The summed E-state index contributed by atoms with van der Waals surface area (Å²) in [4.78, 5) is 0. The van der Waals surface area contributed by atoms with E-state index >= 15 is 0 Å². The fraction of sp³-hybridized carbons (Fsp3) is 0.600. The van der Waals surface area contributed by atoms with Crippen molar-refractivity contribution < 1.29 is 5.11 Å². The van der Waals surface area contributed by atoms with Gasteiger partial charge < -0.3 is 16.2 Å². The van der Waals surface area contributed by atoms with Gasteiger partial charge in [0.2, 0.25) is 0 Å². The molecule has 4 heteroatoms. The second-order valence-corrected chi connectivity index (χ2v) is 6.10. The minimum atomic E-state index is -0.184. The normalized spacial score (nSPS) is 17.8. The fourth-order valence-corrected chi connectivity index (χ4v) is 2.21. The van der Waals surface area contributed by atoms with Crippen LogP contribution in [0.15, 0.2) is 24.3 Å². The van der Waals surface area contributed by atoms with Gasteiger partial charge in [-0.05, 0) is 43.9 Å². The number of aliphatic hydroxyl groups excluding tert-OH is 1. The summed E-state index contributed by atoms with van der Waals surface area (Å²) in [7, 11) is 0. The van der Waals surface area contributed by atoms with Crippen molar-refractivity contribution in [2.24, 2.45) is 11.7 Å². The highest BCUT2D eigenvalue weighted by molar-refractivity contribution is 6.30. The number of nitrogens with one attached hydrogen (secondary N) is 1. The summed E-state index contributed by atoms with van der Waals surface area (Å²) in [6, 6.07) is 8.06. The van der Waals surface area contributed by atoms with E-state index in [0.29, 0.717) is 6.54 Å². The summed E-state index contributed by atoms with van der Waals surface area (Å²) in [6.45, 7) is 6.93. The molecular weight excluding hydrogens is 260 g/mol. The number of benzene rings is 1. The van der Waals surface area contributed by atoms with Crippen molar-refractivity contribution in [3.05, 3.63) is 34.9 Å². The lowest BCUT2D eigenvalue weighted by Gasteiger charge is -2.35. The number of rotatable bonds is 7. The van der Waals surface area contributed by atoms with Crippen molar-refractivity contribution in [1.82, 2.24) is 5.32 Å². The quantitative estimate of drug-likeness (QED) is 0.719. The first-order chi connectivity index (χ1) is 8.90. The Morgan fingerprint density at radius 3 is 2.37 bits per heavy atom. The van der Waals surface area contributed by atoms with Gasteiger partial charge in [0.15, 0.2) is 0 Å². The van der Waals surface area contributed by atoms with E-state index in [0.717, 1.165) is 11.4 Å². The lowest BCUT2D eigenvalue weighted by atomic mass is 9.90. The van der Waals surface area contributed by atoms with Crippen LogP contribution in [0.2, 0.25) is 5.02 Å². The average molecular weight is 285 g/mol. The first kappa shape index (κ1) is 16.4. The Hall–Kier alpha value is -0.610. The van der Waals surface area contributed by atoms with E-state index in [2.05, 4.69) is 19.2 Å². The molecule has 0 aliphatic heterocycles. The van der Waals surface area contributed by atoms with Crippen LogP contribution in [0.1, 0.15) is 26.3 Å². The van der Waals surface area contributed by atoms with Crippen LogP contribution in [0.3, 0.4) is 0 Å². The van der Waals surface area contributed by atoms with Crippen LogP contribution < -0.4 is 11.1 Å². The van der Waals surface area contributed by atoms with E-state index < -0.39 is 0 Å². The standard InChI is InChI=1S/C15H25ClN2O/c1-11(9-19)12(2)18-15(3,10-17)8-13-4-6-14(16)7-5-13/h4-7,11-12,18-19H,8-10,17H2,1-3H3. The van der Waals surface area contributed by atoms with Crippen molar-refractivity contribution in [2.75, 3.05) is 13.2 Å². The molecule has 0 aliphatic rings. The highest BCUT2D eigenvalue weighted by Crippen LogP contribution is 2.17. The Kier molecular flexibility index (Phi) is 6.27. The zero-order valence-electron chi connectivity index (χ0n) is 12.0. The molecule has 0 aromatic heterocycles. The van der Waals surface area contributed by atoms with Crippen LogP contribution in [0.25, 0.3) is 0 Å². The first-order valence-electron chi connectivity index (χ1n) is 6.73. The van der Waals surface area contributed by atoms with Gasteiger partial charge in [0.05, 0.1) is 0 Å². The molecular formula is C15H25ClN2O. The van der Waals surface area contributed by atoms with Gasteiger partial charge in [0.1, 0.15) is 0 Å². The second kappa shape index (κ2) is 7.25. The van der Waals surface area contributed by atoms with E-state index in [4.69, 9.17) is 17.3 Å².